The van der Waals surface area contributed by atoms with Crippen molar-refractivity contribution in [2.75, 3.05) is 30.4 Å². The third-order valence-electron chi connectivity index (χ3n) is 3.65. The van der Waals surface area contributed by atoms with Crippen LogP contribution in [0.25, 0.3) is 0 Å². The lowest BCUT2D eigenvalue weighted by Crippen LogP contribution is -2.21. The van der Waals surface area contributed by atoms with Gasteiger partial charge in [0, 0.05) is 43.8 Å². The number of amides is 1. The van der Waals surface area contributed by atoms with E-state index in [-0.39, 0.29) is 18.3 Å². The van der Waals surface area contributed by atoms with E-state index in [9.17, 15) is 9.59 Å². The van der Waals surface area contributed by atoms with E-state index in [0.717, 1.165) is 5.69 Å². The quantitative estimate of drug-likeness (QED) is 0.799. The van der Waals surface area contributed by atoms with Crippen molar-refractivity contribution in [3.05, 3.63) is 47.8 Å². The van der Waals surface area contributed by atoms with Crippen molar-refractivity contribution in [2.24, 2.45) is 7.05 Å². The molecule has 0 aliphatic heterocycles. The van der Waals surface area contributed by atoms with Gasteiger partial charge in [0.15, 0.2) is 5.78 Å². The summed E-state index contributed by atoms with van der Waals surface area (Å²) in [6, 6.07) is 8.93. The Morgan fingerprint density at radius 1 is 1.26 bits per heavy atom. The highest BCUT2D eigenvalue weighted by atomic mass is 16.3. The van der Waals surface area contributed by atoms with Crippen molar-refractivity contribution >= 4 is 23.1 Å². The van der Waals surface area contributed by atoms with Gasteiger partial charge in [-0.25, -0.2) is 0 Å². The van der Waals surface area contributed by atoms with E-state index in [4.69, 9.17) is 5.11 Å². The largest absolute Gasteiger partial charge is 0.395 e. The van der Waals surface area contributed by atoms with Crippen LogP contribution in [0, 0.1) is 0 Å². The number of nitrogens with one attached hydrogen (secondary N) is 1. The van der Waals surface area contributed by atoms with Crippen LogP contribution in [0.4, 0.5) is 11.4 Å². The molecule has 0 fully saturated rings. The number of aliphatic hydroxyl groups is 1. The average molecular weight is 315 g/mol. The average Bonchev–Trinajstić information content (AvgIpc) is 2.90. The standard InChI is InChI=1S/C17H21N3O3/c1-12(22)13-10-16(20(3)11-13)17(23)18-14-4-6-15(7-5-14)19(2)8-9-21/h4-7,10-11,21H,8-9H2,1-3H3,(H,18,23). The van der Waals surface area contributed by atoms with Crippen LogP contribution in [0.5, 0.6) is 0 Å². The fraction of sp³-hybridized carbons (Fsp3) is 0.294. The number of carbonyl (C=O) groups is 2. The Hall–Kier alpha value is -2.60. The van der Waals surface area contributed by atoms with Crippen molar-refractivity contribution in [2.45, 2.75) is 6.92 Å². The molecular weight excluding hydrogens is 294 g/mol. The number of likely N-dealkylation sites (N-methyl/N-ethyl adjacent to an activating group) is 1. The van der Waals surface area contributed by atoms with Crippen molar-refractivity contribution in [3.63, 3.8) is 0 Å². The van der Waals surface area contributed by atoms with E-state index in [2.05, 4.69) is 5.32 Å². The summed E-state index contributed by atoms with van der Waals surface area (Å²) in [6.45, 7) is 2.10. The Kier molecular flexibility index (Phi) is 5.18. The van der Waals surface area contributed by atoms with E-state index in [0.29, 0.717) is 23.5 Å². The predicted octanol–water partition coefficient (Wildman–Crippen LogP) is 1.91. The first-order valence-corrected chi connectivity index (χ1v) is 7.33. The molecule has 2 aromatic rings. The summed E-state index contributed by atoms with van der Waals surface area (Å²) in [7, 11) is 3.62. The number of benzene rings is 1. The molecular formula is C17H21N3O3. The van der Waals surface area contributed by atoms with Crippen LogP contribution >= 0.6 is 0 Å². The zero-order valence-corrected chi connectivity index (χ0v) is 13.5. The first-order chi connectivity index (χ1) is 10.9. The normalized spacial score (nSPS) is 10.4. The summed E-state index contributed by atoms with van der Waals surface area (Å²) in [5, 5.41) is 11.8. The Morgan fingerprint density at radius 3 is 2.43 bits per heavy atom. The molecule has 0 saturated carbocycles. The topological polar surface area (TPSA) is 74.6 Å². The maximum atomic E-state index is 12.3. The SMILES string of the molecule is CC(=O)c1cc(C(=O)Nc2ccc(N(C)CCO)cc2)n(C)c1. The van der Waals surface area contributed by atoms with Gasteiger partial charge < -0.3 is 19.9 Å². The Labute approximate surface area is 135 Å². The summed E-state index contributed by atoms with van der Waals surface area (Å²) in [5.74, 6) is -0.340. The number of carbonyl (C=O) groups excluding carboxylic acids is 2. The third-order valence-corrected chi connectivity index (χ3v) is 3.65. The highest BCUT2D eigenvalue weighted by Crippen LogP contribution is 2.18. The van der Waals surface area contributed by atoms with Crippen molar-refractivity contribution < 1.29 is 14.7 Å². The molecule has 1 aromatic carbocycles. The van der Waals surface area contributed by atoms with Crippen LogP contribution in [0.15, 0.2) is 36.5 Å². The molecule has 1 aromatic heterocycles. The number of aromatic nitrogens is 1. The van der Waals surface area contributed by atoms with Gasteiger partial charge in [0.05, 0.1) is 6.61 Å². The summed E-state index contributed by atoms with van der Waals surface area (Å²) in [4.78, 5) is 25.6. The summed E-state index contributed by atoms with van der Waals surface area (Å²) in [6.07, 6.45) is 1.64. The molecule has 0 bridgehead atoms. The van der Waals surface area contributed by atoms with Gasteiger partial charge in [-0.05, 0) is 37.3 Å². The van der Waals surface area contributed by atoms with E-state index in [1.54, 1.807) is 36.0 Å². The zero-order valence-electron chi connectivity index (χ0n) is 13.5. The first-order valence-electron chi connectivity index (χ1n) is 7.33. The maximum Gasteiger partial charge on any atom is 0.272 e. The summed E-state index contributed by atoms with van der Waals surface area (Å²) < 4.78 is 1.63. The minimum atomic E-state index is -0.267. The Morgan fingerprint density at radius 2 is 1.91 bits per heavy atom. The molecule has 2 rings (SSSR count). The molecule has 23 heavy (non-hydrogen) atoms. The molecule has 1 heterocycles. The van der Waals surface area contributed by atoms with Gasteiger partial charge in [-0.2, -0.15) is 0 Å². The fourth-order valence-corrected chi connectivity index (χ4v) is 2.26. The molecule has 6 heteroatoms. The Bertz CT molecular complexity index is 704. The number of anilines is 2. The molecule has 0 aliphatic rings. The lowest BCUT2D eigenvalue weighted by molar-refractivity contribution is 0.101. The van der Waals surface area contributed by atoms with E-state index < -0.39 is 0 Å². The molecule has 122 valence electrons. The van der Waals surface area contributed by atoms with E-state index >= 15 is 0 Å². The molecule has 2 N–H and O–H groups in total. The second-order valence-corrected chi connectivity index (χ2v) is 5.43. The van der Waals surface area contributed by atoms with Gasteiger partial charge in [0.25, 0.3) is 5.91 Å². The van der Waals surface area contributed by atoms with Crippen LogP contribution in [0.2, 0.25) is 0 Å². The third kappa shape index (κ3) is 3.98. The smallest absolute Gasteiger partial charge is 0.272 e. The van der Waals surface area contributed by atoms with Crippen LogP contribution in [0.1, 0.15) is 27.8 Å². The number of rotatable bonds is 6. The highest BCUT2D eigenvalue weighted by Gasteiger charge is 2.14. The number of aliphatic hydroxyl groups excluding tert-OH is 1. The molecule has 0 saturated heterocycles. The van der Waals surface area contributed by atoms with E-state index in [1.807, 2.05) is 24.1 Å². The lowest BCUT2D eigenvalue weighted by Gasteiger charge is -2.18. The summed E-state index contributed by atoms with van der Waals surface area (Å²) >= 11 is 0. The number of nitrogens with zero attached hydrogens (tertiary/aromatic N) is 2. The van der Waals surface area contributed by atoms with Crippen LogP contribution in [-0.4, -0.2) is 41.6 Å². The second-order valence-electron chi connectivity index (χ2n) is 5.43. The van der Waals surface area contributed by atoms with Crippen LogP contribution < -0.4 is 10.2 Å². The van der Waals surface area contributed by atoms with Crippen molar-refractivity contribution in [1.82, 2.24) is 4.57 Å². The monoisotopic (exact) mass is 315 g/mol. The minimum absolute atomic E-state index is 0.0732. The minimum Gasteiger partial charge on any atom is -0.395 e. The van der Waals surface area contributed by atoms with E-state index in [1.165, 1.54) is 6.92 Å². The highest BCUT2D eigenvalue weighted by molar-refractivity contribution is 6.05. The van der Waals surface area contributed by atoms with Gasteiger partial charge in [0.2, 0.25) is 0 Å². The predicted molar refractivity (Wildman–Crippen MR) is 90.2 cm³/mol. The van der Waals surface area contributed by atoms with Gasteiger partial charge in [0.1, 0.15) is 5.69 Å². The Balaban J connectivity index is 2.10. The number of hydrogen-bond acceptors (Lipinski definition) is 4. The molecule has 0 atom stereocenters. The van der Waals surface area contributed by atoms with Crippen molar-refractivity contribution in [3.8, 4) is 0 Å². The lowest BCUT2D eigenvalue weighted by atomic mass is 10.2. The van der Waals surface area contributed by atoms with Gasteiger partial charge in [-0.3, -0.25) is 9.59 Å². The number of Topliss-reactive ketones (excluding diaryl/α,β-unsaturated/α-hetero) is 1. The molecule has 0 radical (unpaired) electrons. The maximum absolute atomic E-state index is 12.3. The van der Waals surface area contributed by atoms with Crippen molar-refractivity contribution in [1.29, 1.82) is 0 Å². The summed E-state index contributed by atoms with van der Waals surface area (Å²) in [5.41, 5.74) is 2.56. The molecule has 0 unspecified atom stereocenters. The number of aryl methyl sites for hydroxylation is 1. The zero-order chi connectivity index (χ0) is 17.0. The fourth-order valence-electron chi connectivity index (χ4n) is 2.26. The van der Waals surface area contributed by atoms with Gasteiger partial charge in [-0.1, -0.05) is 0 Å². The number of ketones is 1. The van der Waals surface area contributed by atoms with Crippen LogP contribution in [-0.2, 0) is 7.05 Å². The molecule has 0 spiro atoms. The van der Waals surface area contributed by atoms with Crippen LogP contribution in [0.3, 0.4) is 0 Å². The van der Waals surface area contributed by atoms with Gasteiger partial charge >= 0.3 is 0 Å². The number of hydrogen-bond donors (Lipinski definition) is 2. The second kappa shape index (κ2) is 7.11. The molecule has 6 nitrogen and oxygen atoms in total. The molecule has 1 amide bonds. The first kappa shape index (κ1) is 16.8. The van der Waals surface area contributed by atoms with Gasteiger partial charge in [-0.15, -0.1) is 0 Å². The molecule has 0 aliphatic carbocycles.